The summed E-state index contributed by atoms with van der Waals surface area (Å²) in [7, 11) is 1.57. The summed E-state index contributed by atoms with van der Waals surface area (Å²) in [6.07, 6.45) is 7.00. The summed E-state index contributed by atoms with van der Waals surface area (Å²) in [4.78, 5) is 65.3. The first-order valence-corrected chi connectivity index (χ1v) is 18.2. The quantitative estimate of drug-likeness (QED) is 0.0748. The first-order valence-electron chi connectivity index (χ1n) is 18.2. The second-order valence-electron chi connectivity index (χ2n) is 13.4. The average Bonchev–Trinajstić information content (AvgIpc) is 4.03. The third-order valence-electron chi connectivity index (χ3n) is 9.71. The first kappa shape index (κ1) is 37.6. The average molecular weight is 755 g/mol. The van der Waals surface area contributed by atoms with E-state index in [9.17, 15) is 19.5 Å². The second kappa shape index (κ2) is 17.2. The molecular weight excluding hydrogens is 713 g/mol. The lowest BCUT2D eigenvalue weighted by atomic mass is 10.1. The van der Waals surface area contributed by atoms with Gasteiger partial charge in [-0.15, -0.1) is 0 Å². The van der Waals surface area contributed by atoms with Crippen LogP contribution in [0.15, 0.2) is 110 Å². The zero-order valence-corrected chi connectivity index (χ0v) is 30.8. The van der Waals surface area contributed by atoms with Gasteiger partial charge in [-0.3, -0.25) is 24.9 Å². The number of aromatic amines is 2. The molecule has 7 rings (SSSR count). The number of benzene rings is 3. The minimum absolute atomic E-state index is 0.210. The molecule has 4 atom stereocenters. The Morgan fingerprint density at radius 2 is 1.43 bits per heavy atom. The van der Waals surface area contributed by atoms with Gasteiger partial charge in [-0.25, -0.2) is 14.8 Å². The van der Waals surface area contributed by atoms with Crippen LogP contribution in [0.25, 0.3) is 33.9 Å². The van der Waals surface area contributed by atoms with E-state index < -0.39 is 24.2 Å². The maximum Gasteiger partial charge on any atom is 0.405 e. The van der Waals surface area contributed by atoms with E-state index in [0.29, 0.717) is 47.3 Å². The molecule has 1 saturated heterocycles. The van der Waals surface area contributed by atoms with Gasteiger partial charge in [-0.2, -0.15) is 0 Å². The van der Waals surface area contributed by atoms with Crippen LogP contribution in [0.1, 0.15) is 66.7 Å². The third-order valence-corrected chi connectivity index (χ3v) is 9.71. The molecule has 6 aromatic rings. The van der Waals surface area contributed by atoms with Gasteiger partial charge in [0.2, 0.25) is 5.91 Å². The Morgan fingerprint density at radius 1 is 0.786 bits per heavy atom. The van der Waals surface area contributed by atoms with Crippen molar-refractivity contribution in [2.24, 2.45) is 0 Å². The lowest BCUT2D eigenvalue weighted by Gasteiger charge is -2.28. The first-order chi connectivity index (χ1) is 27.3. The molecule has 1 fully saturated rings. The van der Waals surface area contributed by atoms with Crippen molar-refractivity contribution >= 4 is 17.9 Å². The van der Waals surface area contributed by atoms with Crippen LogP contribution in [0.5, 0.6) is 0 Å². The minimum atomic E-state index is -1.26. The monoisotopic (exact) mass is 754 g/mol. The van der Waals surface area contributed by atoms with Crippen molar-refractivity contribution in [3.63, 3.8) is 0 Å². The number of ether oxygens (including phenoxy) is 1. The Morgan fingerprint density at radius 3 is 2.09 bits per heavy atom. The fourth-order valence-corrected chi connectivity index (χ4v) is 6.85. The molecule has 15 heteroatoms. The highest BCUT2D eigenvalue weighted by Gasteiger charge is 2.37. The molecule has 0 unspecified atom stereocenters. The van der Waals surface area contributed by atoms with Gasteiger partial charge in [-0.05, 0) is 36.5 Å². The van der Waals surface area contributed by atoms with E-state index in [1.54, 1.807) is 61.1 Å². The van der Waals surface area contributed by atoms with E-state index in [4.69, 9.17) is 4.74 Å². The molecular formula is C41H42N10O5. The van der Waals surface area contributed by atoms with E-state index >= 15 is 0 Å². The highest BCUT2D eigenvalue weighted by Crippen LogP contribution is 2.34. The third kappa shape index (κ3) is 8.48. The molecule has 0 spiro atoms. The van der Waals surface area contributed by atoms with E-state index in [1.165, 1.54) is 0 Å². The Labute approximate surface area is 323 Å². The summed E-state index contributed by atoms with van der Waals surface area (Å²) in [6, 6.07) is 23.8. The van der Waals surface area contributed by atoms with E-state index in [2.05, 4.69) is 45.9 Å². The number of H-pyrrole nitrogens is 2. The molecule has 0 aliphatic carbocycles. The van der Waals surface area contributed by atoms with Crippen LogP contribution in [0, 0.1) is 0 Å². The molecule has 15 nitrogen and oxygen atoms in total. The molecule has 1 aliphatic heterocycles. The highest BCUT2D eigenvalue weighted by atomic mass is 16.5. The zero-order valence-electron chi connectivity index (χ0n) is 30.8. The summed E-state index contributed by atoms with van der Waals surface area (Å²) in [6.45, 7) is 2.57. The van der Waals surface area contributed by atoms with Gasteiger partial charge in [0.25, 0.3) is 5.91 Å². The van der Waals surface area contributed by atoms with Crippen molar-refractivity contribution in [1.82, 2.24) is 50.8 Å². The number of rotatable bonds is 14. The number of aromatic nitrogens is 6. The Kier molecular flexibility index (Phi) is 11.5. The van der Waals surface area contributed by atoms with Gasteiger partial charge in [0.05, 0.1) is 60.7 Å². The van der Waals surface area contributed by atoms with Gasteiger partial charge in [0.1, 0.15) is 29.4 Å². The Balaban J connectivity index is 0.987. The number of hydrogen-bond acceptors (Lipinski definition) is 9. The number of nitrogens with one attached hydrogen (secondary N) is 5. The van der Waals surface area contributed by atoms with Crippen LogP contribution < -0.4 is 16.0 Å². The SMILES string of the molecule is COCN[C@@H](C(=O)N[C@@H](C)c1ncc(-c2cnc(-c3ccc(-c4cnc([C@@H]5CCCN5C(=O)[C@H](NC(=O)O)c5ccccc5)[nH]4)cc3)cn2)[nH]1)c1ccccc1. The van der Waals surface area contributed by atoms with Crippen LogP contribution in [-0.2, 0) is 14.3 Å². The fraction of sp³-hybridized carbons (Fsp3) is 0.244. The largest absolute Gasteiger partial charge is 0.465 e. The number of nitrogens with zero attached hydrogens (tertiary/aromatic N) is 5. The smallest absolute Gasteiger partial charge is 0.405 e. The summed E-state index contributed by atoms with van der Waals surface area (Å²) in [5, 5.41) is 18.0. The number of carbonyl (C=O) groups excluding carboxylic acids is 2. The number of carbonyl (C=O) groups is 3. The van der Waals surface area contributed by atoms with Crippen LogP contribution in [-0.4, -0.2) is 78.2 Å². The van der Waals surface area contributed by atoms with Crippen LogP contribution in [0.4, 0.5) is 4.79 Å². The van der Waals surface area contributed by atoms with E-state index in [0.717, 1.165) is 28.8 Å². The zero-order chi connectivity index (χ0) is 39.0. The second-order valence-corrected chi connectivity index (χ2v) is 13.4. The lowest BCUT2D eigenvalue weighted by Crippen LogP contribution is -2.42. The standard InChI is InChI=1S/C41H42N10O5/c1-25(47-39(52)35(46-24-56-2)28-10-5-3-6-11-28)37-44-23-33(49-37)32-22-42-30(20-43-32)26-15-17-27(18-16-26)31-21-45-38(48-31)34-14-9-19-51(34)40(53)36(50-41(54)55)29-12-7-4-8-13-29/h3-8,10-13,15-18,20-23,25,34-36,46,50H,9,14,19,24H2,1-2H3,(H,44,49)(H,45,48)(H,47,52)(H,54,55)/t25-,34-,35+,36+/m0/s1. The predicted molar refractivity (Wildman–Crippen MR) is 207 cm³/mol. The van der Waals surface area contributed by atoms with Crippen molar-refractivity contribution < 1.29 is 24.2 Å². The van der Waals surface area contributed by atoms with Gasteiger partial charge in [-0.1, -0.05) is 84.9 Å². The molecule has 0 radical (unpaired) electrons. The summed E-state index contributed by atoms with van der Waals surface area (Å²) >= 11 is 0. The van der Waals surface area contributed by atoms with Crippen LogP contribution in [0.3, 0.4) is 0 Å². The van der Waals surface area contributed by atoms with Crippen LogP contribution in [0.2, 0.25) is 0 Å². The normalized spacial score (nSPS) is 15.5. The number of imidazole rings is 2. The number of hydrogen-bond donors (Lipinski definition) is 6. The lowest BCUT2D eigenvalue weighted by molar-refractivity contribution is -0.134. The predicted octanol–water partition coefficient (Wildman–Crippen LogP) is 5.71. The van der Waals surface area contributed by atoms with E-state index in [-0.39, 0.29) is 24.6 Å². The van der Waals surface area contributed by atoms with Gasteiger partial charge >= 0.3 is 6.09 Å². The van der Waals surface area contributed by atoms with Crippen molar-refractivity contribution in [3.8, 4) is 33.9 Å². The van der Waals surface area contributed by atoms with E-state index in [1.807, 2.05) is 67.6 Å². The molecule has 56 heavy (non-hydrogen) atoms. The number of likely N-dealkylation sites (tertiary alicyclic amines) is 1. The fourth-order valence-electron chi connectivity index (χ4n) is 6.85. The Bertz CT molecular complexity index is 2240. The maximum atomic E-state index is 13.7. The highest BCUT2D eigenvalue weighted by molar-refractivity contribution is 5.87. The van der Waals surface area contributed by atoms with Gasteiger partial charge in [0.15, 0.2) is 0 Å². The molecule has 4 heterocycles. The number of carboxylic acid groups (broad SMARTS) is 1. The van der Waals surface area contributed by atoms with Crippen molar-refractivity contribution in [1.29, 1.82) is 0 Å². The molecule has 3 amide bonds. The Hall–Kier alpha value is -6.71. The van der Waals surface area contributed by atoms with Crippen LogP contribution >= 0.6 is 0 Å². The molecule has 286 valence electrons. The summed E-state index contributed by atoms with van der Waals surface area (Å²) in [5.74, 6) is 0.701. The number of methoxy groups -OCH3 is 1. The molecule has 3 aromatic carbocycles. The molecule has 3 aromatic heterocycles. The minimum Gasteiger partial charge on any atom is -0.465 e. The maximum absolute atomic E-state index is 13.7. The summed E-state index contributed by atoms with van der Waals surface area (Å²) < 4.78 is 5.15. The molecule has 0 bridgehead atoms. The molecule has 0 saturated carbocycles. The summed E-state index contributed by atoms with van der Waals surface area (Å²) in [5.41, 5.74) is 5.92. The topological polar surface area (TPSA) is 203 Å². The molecule has 6 N–H and O–H groups in total. The number of amides is 3. The van der Waals surface area contributed by atoms with Gasteiger partial charge < -0.3 is 35.3 Å². The van der Waals surface area contributed by atoms with Gasteiger partial charge in [0, 0.05) is 19.2 Å². The van der Waals surface area contributed by atoms with Crippen molar-refractivity contribution in [2.45, 2.75) is 43.9 Å². The van der Waals surface area contributed by atoms with Crippen molar-refractivity contribution in [2.75, 3.05) is 20.4 Å². The van der Waals surface area contributed by atoms with Crippen molar-refractivity contribution in [3.05, 3.63) is 132 Å². The molecule has 1 aliphatic rings.